The SMILES string of the molecule is Cc1cc(C)c(CNc2cc3nc[nH]c(=O)c3cc2[N+](=O)[O-])c(C)c1. The first-order valence-corrected chi connectivity index (χ1v) is 7.83. The average Bonchev–Trinajstić information content (AvgIpc) is 2.53. The number of aryl methyl sites for hydroxylation is 3. The molecule has 0 bridgehead atoms. The van der Waals surface area contributed by atoms with Gasteiger partial charge < -0.3 is 10.3 Å². The van der Waals surface area contributed by atoms with Crippen molar-refractivity contribution in [3.8, 4) is 0 Å². The number of rotatable bonds is 4. The minimum Gasteiger partial charge on any atom is -0.375 e. The van der Waals surface area contributed by atoms with Crippen LogP contribution in [0.3, 0.4) is 0 Å². The van der Waals surface area contributed by atoms with E-state index in [-0.39, 0.29) is 11.1 Å². The molecule has 2 aromatic carbocycles. The minimum atomic E-state index is -0.497. The van der Waals surface area contributed by atoms with Crippen LogP contribution >= 0.6 is 0 Å². The first-order valence-electron chi connectivity index (χ1n) is 7.83. The number of nitro groups is 1. The van der Waals surface area contributed by atoms with Crippen molar-refractivity contribution in [3.63, 3.8) is 0 Å². The summed E-state index contributed by atoms with van der Waals surface area (Å²) >= 11 is 0. The zero-order chi connectivity index (χ0) is 18.1. The second kappa shape index (κ2) is 6.35. The molecule has 7 heteroatoms. The summed E-state index contributed by atoms with van der Waals surface area (Å²) < 4.78 is 0. The maximum absolute atomic E-state index is 11.8. The molecule has 7 nitrogen and oxygen atoms in total. The number of nitro benzene ring substituents is 1. The predicted octanol–water partition coefficient (Wildman–Crippen LogP) is 3.37. The number of aromatic amines is 1. The van der Waals surface area contributed by atoms with Crippen molar-refractivity contribution in [1.82, 2.24) is 9.97 Å². The summed E-state index contributed by atoms with van der Waals surface area (Å²) in [5, 5.41) is 14.7. The van der Waals surface area contributed by atoms with Gasteiger partial charge in [0.15, 0.2) is 0 Å². The summed E-state index contributed by atoms with van der Waals surface area (Å²) in [6, 6.07) is 6.97. The van der Waals surface area contributed by atoms with Gasteiger partial charge in [-0.2, -0.15) is 0 Å². The van der Waals surface area contributed by atoms with E-state index in [1.54, 1.807) is 6.07 Å². The summed E-state index contributed by atoms with van der Waals surface area (Å²) in [6.07, 6.45) is 1.29. The van der Waals surface area contributed by atoms with Gasteiger partial charge in [-0.3, -0.25) is 14.9 Å². The Labute approximate surface area is 143 Å². The molecule has 0 aliphatic rings. The fraction of sp³-hybridized carbons (Fsp3) is 0.222. The Bertz CT molecular complexity index is 1020. The van der Waals surface area contributed by atoms with Gasteiger partial charge in [-0.25, -0.2) is 4.98 Å². The van der Waals surface area contributed by atoms with Crippen molar-refractivity contribution in [2.24, 2.45) is 0 Å². The first-order chi connectivity index (χ1) is 11.9. The molecule has 3 rings (SSSR count). The van der Waals surface area contributed by atoms with Crippen LogP contribution in [0.15, 0.2) is 35.4 Å². The van der Waals surface area contributed by atoms with Crippen LogP contribution in [0.4, 0.5) is 11.4 Å². The molecule has 0 unspecified atom stereocenters. The van der Waals surface area contributed by atoms with Gasteiger partial charge in [0, 0.05) is 12.6 Å². The molecule has 25 heavy (non-hydrogen) atoms. The van der Waals surface area contributed by atoms with E-state index in [9.17, 15) is 14.9 Å². The van der Waals surface area contributed by atoms with E-state index in [2.05, 4.69) is 27.4 Å². The van der Waals surface area contributed by atoms with Gasteiger partial charge in [0.05, 0.1) is 22.2 Å². The van der Waals surface area contributed by atoms with Crippen LogP contribution in [-0.4, -0.2) is 14.9 Å². The van der Waals surface area contributed by atoms with Crippen molar-refractivity contribution in [2.45, 2.75) is 27.3 Å². The van der Waals surface area contributed by atoms with Gasteiger partial charge in [-0.05, 0) is 43.5 Å². The number of aromatic nitrogens is 2. The molecule has 0 aliphatic carbocycles. The number of fused-ring (bicyclic) bond motifs is 1. The number of benzene rings is 2. The van der Waals surface area contributed by atoms with Crippen molar-refractivity contribution in [1.29, 1.82) is 0 Å². The molecule has 1 aromatic heterocycles. The molecule has 0 saturated carbocycles. The van der Waals surface area contributed by atoms with Crippen LogP contribution in [0.25, 0.3) is 10.9 Å². The highest BCUT2D eigenvalue weighted by atomic mass is 16.6. The zero-order valence-electron chi connectivity index (χ0n) is 14.2. The van der Waals surface area contributed by atoms with E-state index in [4.69, 9.17) is 0 Å². The molecular weight excluding hydrogens is 320 g/mol. The third-order valence-electron chi connectivity index (χ3n) is 4.25. The maximum Gasteiger partial charge on any atom is 0.293 e. The lowest BCUT2D eigenvalue weighted by Crippen LogP contribution is -2.09. The normalized spacial score (nSPS) is 10.8. The smallest absolute Gasteiger partial charge is 0.293 e. The number of nitrogens with one attached hydrogen (secondary N) is 2. The van der Waals surface area contributed by atoms with Gasteiger partial charge in [0.2, 0.25) is 0 Å². The Kier molecular flexibility index (Phi) is 4.22. The fourth-order valence-corrected chi connectivity index (χ4v) is 3.07. The van der Waals surface area contributed by atoms with Crippen LogP contribution < -0.4 is 10.9 Å². The molecule has 128 valence electrons. The van der Waals surface area contributed by atoms with Gasteiger partial charge >= 0.3 is 0 Å². The van der Waals surface area contributed by atoms with Gasteiger partial charge in [-0.15, -0.1) is 0 Å². The first kappa shape index (κ1) is 16.6. The average molecular weight is 338 g/mol. The van der Waals surface area contributed by atoms with Crippen LogP contribution in [0.1, 0.15) is 22.3 Å². The van der Waals surface area contributed by atoms with Crippen molar-refractivity contribution >= 4 is 22.3 Å². The summed E-state index contributed by atoms with van der Waals surface area (Å²) in [5.74, 6) is 0. The number of hydrogen-bond donors (Lipinski definition) is 2. The van der Waals surface area contributed by atoms with Crippen LogP contribution in [0.2, 0.25) is 0 Å². The molecule has 3 aromatic rings. The molecule has 0 saturated heterocycles. The molecule has 0 radical (unpaired) electrons. The molecule has 0 amide bonds. The highest BCUT2D eigenvalue weighted by Crippen LogP contribution is 2.29. The molecule has 0 aliphatic heterocycles. The minimum absolute atomic E-state index is 0.145. The Hall–Kier alpha value is -3.22. The summed E-state index contributed by atoms with van der Waals surface area (Å²) in [4.78, 5) is 29.2. The van der Waals surface area contributed by atoms with E-state index < -0.39 is 10.5 Å². The lowest BCUT2D eigenvalue weighted by atomic mass is 10.00. The van der Waals surface area contributed by atoms with E-state index >= 15 is 0 Å². The van der Waals surface area contributed by atoms with Crippen molar-refractivity contribution in [3.05, 3.63) is 73.3 Å². The second-order valence-electron chi connectivity index (χ2n) is 6.11. The van der Waals surface area contributed by atoms with E-state index in [1.807, 2.05) is 20.8 Å². The van der Waals surface area contributed by atoms with Gasteiger partial charge in [-0.1, -0.05) is 17.7 Å². The van der Waals surface area contributed by atoms with Crippen molar-refractivity contribution in [2.75, 3.05) is 5.32 Å². The maximum atomic E-state index is 11.8. The Morgan fingerprint density at radius 3 is 2.48 bits per heavy atom. The van der Waals surface area contributed by atoms with Crippen LogP contribution in [0, 0.1) is 30.9 Å². The number of hydrogen-bond acceptors (Lipinski definition) is 5. The lowest BCUT2D eigenvalue weighted by Gasteiger charge is -2.13. The molecule has 0 atom stereocenters. The van der Waals surface area contributed by atoms with Crippen LogP contribution in [0.5, 0.6) is 0 Å². The Morgan fingerprint density at radius 1 is 1.16 bits per heavy atom. The zero-order valence-corrected chi connectivity index (χ0v) is 14.2. The fourth-order valence-electron chi connectivity index (χ4n) is 3.07. The largest absolute Gasteiger partial charge is 0.375 e. The molecular formula is C18H18N4O3. The highest BCUT2D eigenvalue weighted by molar-refractivity contribution is 5.86. The molecule has 2 N–H and O–H groups in total. The predicted molar refractivity (Wildman–Crippen MR) is 97.0 cm³/mol. The van der Waals surface area contributed by atoms with Gasteiger partial charge in [0.1, 0.15) is 5.69 Å². The monoisotopic (exact) mass is 338 g/mol. The third kappa shape index (κ3) is 3.21. The number of nitrogens with zero attached hydrogens (tertiary/aromatic N) is 2. The van der Waals surface area contributed by atoms with E-state index in [1.165, 1.54) is 18.0 Å². The van der Waals surface area contributed by atoms with Crippen LogP contribution in [-0.2, 0) is 6.54 Å². The highest BCUT2D eigenvalue weighted by Gasteiger charge is 2.17. The lowest BCUT2D eigenvalue weighted by molar-refractivity contribution is -0.383. The number of anilines is 1. The Morgan fingerprint density at radius 2 is 1.84 bits per heavy atom. The standard InChI is InChI=1S/C18H18N4O3/c1-10-4-11(2)14(12(3)5-10)8-19-16-7-15-13(6-17(16)22(24)25)18(23)21-9-20-15/h4-7,9,19H,8H2,1-3H3,(H,20,21,23). The molecule has 0 fully saturated rings. The van der Waals surface area contributed by atoms with Crippen molar-refractivity contribution < 1.29 is 4.92 Å². The van der Waals surface area contributed by atoms with E-state index in [0.717, 1.165) is 16.7 Å². The van der Waals surface area contributed by atoms with E-state index in [0.29, 0.717) is 17.7 Å². The molecule has 0 spiro atoms. The summed E-state index contributed by atoms with van der Waals surface area (Å²) in [7, 11) is 0. The topological polar surface area (TPSA) is 101 Å². The summed E-state index contributed by atoms with van der Waals surface area (Å²) in [6.45, 7) is 6.53. The second-order valence-corrected chi connectivity index (χ2v) is 6.11. The van der Waals surface area contributed by atoms with Gasteiger partial charge in [0.25, 0.3) is 11.2 Å². The third-order valence-corrected chi connectivity index (χ3v) is 4.25. The molecule has 1 heterocycles. The number of H-pyrrole nitrogens is 1. The Balaban J connectivity index is 2.03. The quantitative estimate of drug-likeness (QED) is 0.561. The summed E-state index contributed by atoms with van der Waals surface area (Å²) in [5.41, 5.74) is 4.74.